The quantitative estimate of drug-likeness (QED) is 0.674. The van der Waals surface area contributed by atoms with Crippen LogP contribution in [0.1, 0.15) is 20.8 Å². The molecule has 0 aromatic carbocycles. The second kappa shape index (κ2) is 7.08. The molecule has 1 aromatic rings. The summed E-state index contributed by atoms with van der Waals surface area (Å²) in [6, 6.07) is 0. The number of hydrogen-bond acceptors (Lipinski definition) is 7. The molecule has 0 bridgehead atoms. The Hall–Kier alpha value is -1.63. The Morgan fingerprint density at radius 2 is 1.68 bits per heavy atom. The fourth-order valence-electron chi connectivity index (χ4n) is 1.31. The highest BCUT2D eigenvalue weighted by Gasteiger charge is 2.11. The van der Waals surface area contributed by atoms with Gasteiger partial charge in [0.1, 0.15) is 0 Å². The molecule has 7 heteroatoms. The van der Waals surface area contributed by atoms with Gasteiger partial charge in [-0.25, -0.2) is 0 Å². The molecule has 0 aliphatic carbocycles. The molecular weight excluding hydrogens is 244 g/mol. The maximum Gasteiger partial charge on any atom is 0.231 e. The fourth-order valence-corrected chi connectivity index (χ4v) is 1.31. The largest absolute Gasteiger partial charge is 0.391 e. The van der Waals surface area contributed by atoms with Crippen LogP contribution in [0.2, 0.25) is 0 Å². The van der Waals surface area contributed by atoms with E-state index in [0.717, 1.165) is 6.54 Å². The van der Waals surface area contributed by atoms with Gasteiger partial charge in [-0.2, -0.15) is 15.0 Å². The van der Waals surface area contributed by atoms with E-state index in [1.807, 2.05) is 39.8 Å². The standard InChI is InChI=1S/C12H24N6O/c1-6-13-10-15-11(14-7-9(19)8(2)3)17-12(16-10)18(4)5/h8-9,19H,6-7H2,1-5H3,(H2,13,14,15,16,17). The SMILES string of the molecule is CCNc1nc(NCC(O)C(C)C)nc(N(C)C)n1. The number of aliphatic hydroxyl groups is 1. The Labute approximate surface area is 114 Å². The minimum atomic E-state index is -0.429. The number of aromatic nitrogens is 3. The second-order valence-electron chi connectivity index (χ2n) is 4.90. The Kier molecular flexibility index (Phi) is 5.75. The molecule has 0 aliphatic rings. The van der Waals surface area contributed by atoms with Gasteiger partial charge in [0.2, 0.25) is 17.8 Å². The van der Waals surface area contributed by atoms with E-state index in [2.05, 4.69) is 25.6 Å². The summed E-state index contributed by atoms with van der Waals surface area (Å²) in [5.74, 6) is 1.76. The molecule has 1 atom stereocenters. The molecule has 0 amide bonds. The smallest absolute Gasteiger partial charge is 0.231 e. The first-order valence-corrected chi connectivity index (χ1v) is 6.53. The molecule has 108 valence electrons. The van der Waals surface area contributed by atoms with E-state index >= 15 is 0 Å². The van der Waals surface area contributed by atoms with Crippen LogP contribution in [0.4, 0.5) is 17.8 Å². The lowest BCUT2D eigenvalue weighted by molar-refractivity contribution is 0.137. The molecule has 3 N–H and O–H groups in total. The Morgan fingerprint density at radius 3 is 2.16 bits per heavy atom. The molecule has 0 aliphatic heterocycles. The highest BCUT2D eigenvalue weighted by molar-refractivity contribution is 5.42. The summed E-state index contributed by atoms with van der Waals surface area (Å²) in [6.07, 6.45) is -0.429. The summed E-state index contributed by atoms with van der Waals surface area (Å²) in [7, 11) is 3.75. The zero-order chi connectivity index (χ0) is 14.4. The zero-order valence-electron chi connectivity index (χ0n) is 12.3. The average Bonchev–Trinajstić information content (AvgIpc) is 2.35. The van der Waals surface area contributed by atoms with Crippen molar-refractivity contribution >= 4 is 17.8 Å². The molecule has 7 nitrogen and oxygen atoms in total. The number of hydrogen-bond donors (Lipinski definition) is 3. The van der Waals surface area contributed by atoms with E-state index in [4.69, 9.17) is 0 Å². The maximum atomic E-state index is 9.78. The maximum absolute atomic E-state index is 9.78. The number of rotatable bonds is 7. The molecule has 1 heterocycles. The first-order chi connectivity index (χ1) is 8.93. The average molecular weight is 268 g/mol. The normalized spacial score (nSPS) is 12.4. The van der Waals surface area contributed by atoms with Gasteiger partial charge in [-0.3, -0.25) is 0 Å². The number of aliphatic hydroxyl groups excluding tert-OH is 1. The summed E-state index contributed by atoms with van der Waals surface area (Å²) >= 11 is 0. The predicted molar refractivity (Wildman–Crippen MR) is 77.7 cm³/mol. The molecule has 0 saturated carbocycles. The van der Waals surface area contributed by atoms with Crippen molar-refractivity contribution < 1.29 is 5.11 Å². The van der Waals surface area contributed by atoms with Gasteiger partial charge in [0, 0.05) is 27.2 Å². The topological polar surface area (TPSA) is 86.2 Å². The van der Waals surface area contributed by atoms with E-state index in [1.165, 1.54) is 0 Å². The van der Waals surface area contributed by atoms with Crippen LogP contribution in [0, 0.1) is 5.92 Å². The van der Waals surface area contributed by atoms with Crippen molar-refractivity contribution in [1.82, 2.24) is 15.0 Å². The third-order valence-corrected chi connectivity index (χ3v) is 2.60. The summed E-state index contributed by atoms with van der Waals surface area (Å²) in [6.45, 7) is 7.07. The lowest BCUT2D eigenvalue weighted by Crippen LogP contribution is -2.26. The number of anilines is 3. The lowest BCUT2D eigenvalue weighted by Gasteiger charge is -2.17. The highest BCUT2D eigenvalue weighted by Crippen LogP contribution is 2.12. The van der Waals surface area contributed by atoms with E-state index in [9.17, 15) is 5.11 Å². The summed E-state index contributed by atoms with van der Waals surface area (Å²) in [5.41, 5.74) is 0. The van der Waals surface area contributed by atoms with Crippen LogP contribution in [0.5, 0.6) is 0 Å². The minimum absolute atomic E-state index is 0.191. The van der Waals surface area contributed by atoms with Crippen molar-refractivity contribution in [2.24, 2.45) is 5.92 Å². The van der Waals surface area contributed by atoms with Crippen LogP contribution < -0.4 is 15.5 Å². The molecule has 0 spiro atoms. The monoisotopic (exact) mass is 268 g/mol. The van der Waals surface area contributed by atoms with Crippen LogP contribution in [-0.2, 0) is 0 Å². The molecule has 0 saturated heterocycles. The van der Waals surface area contributed by atoms with Crippen molar-refractivity contribution in [3.05, 3.63) is 0 Å². The molecule has 1 aromatic heterocycles. The second-order valence-corrected chi connectivity index (χ2v) is 4.90. The van der Waals surface area contributed by atoms with Crippen molar-refractivity contribution in [2.45, 2.75) is 26.9 Å². The first kappa shape index (κ1) is 15.4. The molecule has 0 radical (unpaired) electrons. The van der Waals surface area contributed by atoms with Gasteiger partial charge >= 0.3 is 0 Å². The van der Waals surface area contributed by atoms with Gasteiger partial charge in [0.05, 0.1) is 6.10 Å². The van der Waals surface area contributed by atoms with Gasteiger partial charge in [0.25, 0.3) is 0 Å². The van der Waals surface area contributed by atoms with Crippen LogP contribution in [0.25, 0.3) is 0 Å². The van der Waals surface area contributed by atoms with Crippen molar-refractivity contribution in [3.8, 4) is 0 Å². The van der Waals surface area contributed by atoms with Crippen molar-refractivity contribution in [1.29, 1.82) is 0 Å². The van der Waals surface area contributed by atoms with E-state index in [-0.39, 0.29) is 5.92 Å². The third kappa shape index (κ3) is 4.86. The van der Waals surface area contributed by atoms with Gasteiger partial charge in [-0.05, 0) is 12.8 Å². The number of nitrogens with zero attached hydrogens (tertiary/aromatic N) is 4. The summed E-state index contributed by atoms with van der Waals surface area (Å²) in [5, 5.41) is 15.9. The van der Waals surface area contributed by atoms with Gasteiger partial charge in [-0.15, -0.1) is 0 Å². The van der Waals surface area contributed by atoms with E-state index in [0.29, 0.717) is 24.4 Å². The Balaban J connectivity index is 2.81. The first-order valence-electron chi connectivity index (χ1n) is 6.53. The van der Waals surface area contributed by atoms with E-state index < -0.39 is 6.10 Å². The summed E-state index contributed by atoms with van der Waals surface area (Å²) in [4.78, 5) is 14.6. The van der Waals surface area contributed by atoms with Crippen molar-refractivity contribution in [2.75, 3.05) is 42.7 Å². The van der Waals surface area contributed by atoms with Crippen molar-refractivity contribution in [3.63, 3.8) is 0 Å². The summed E-state index contributed by atoms with van der Waals surface area (Å²) < 4.78 is 0. The van der Waals surface area contributed by atoms with Crippen LogP contribution >= 0.6 is 0 Å². The molecule has 1 unspecified atom stereocenters. The van der Waals surface area contributed by atoms with Crippen LogP contribution in [0.15, 0.2) is 0 Å². The minimum Gasteiger partial charge on any atom is -0.391 e. The zero-order valence-corrected chi connectivity index (χ0v) is 12.3. The van der Waals surface area contributed by atoms with Gasteiger partial charge < -0.3 is 20.6 Å². The Morgan fingerprint density at radius 1 is 1.11 bits per heavy atom. The molecule has 1 rings (SSSR count). The highest BCUT2D eigenvalue weighted by atomic mass is 16.3. The van der Waals surface area contributed by atoms with Gasteiger partial charge in [0.15, 0.2) is 0 Å². The predicted octanol–water partition coefficient (Wildman–Crippen LogP) is 0.798. The van der Waals surface area contributed by atoms with Crippen LogP contribution in [-0.4, -0.2) is 53.3 Å². The molecule has 19 heavy (non-hydrogen) atoms. The Bertz CT molecular complexity index is 396. The van der Waals surface area contributed by atoms with E-state index in [1.54, 1.807) is 0 Å². The molecule has 0 fully saturated rings. The van der Waals surface area contributed by atoms with Crippen LogP contribution in [0.3, 0.4) is 0 Å². The third-order valence-electron chi connectivity index (χ3n) is 2.60. The molecular formula is C12H24N6O. The van der Waals surface area contributed by atoms with Gasteiger partial charge in [-0.1, -0.05) is 13.8 Å². The number of nitrogens with one attached hydrogen (secondary N) is 2. The fraction of sp³-hybridized carbons (Fsp3) is 0.750. The lowest BCUT2D eigenvalue weighted by atomic mass is 10.1.